The quantitative estimate of drug-likeness (QED) is 0.608. The lowest BCUT2D eigenvalue weighted by Gasteiger charge is -2.23. The maximum Gasteiger partial charge on any atom is 0.0197 e. The molecule has 1 aliphatic rings. The smallest absolute Gasteiger partial charge is 0.0197 e. The maximum absolute atomic E-state index is 4.18. The molecule has 0 aromatic heterocycles. The molecule has 64 valence electrons. The zero-order valence-corrected chi connectivity index (χ0v) is 8.03. The number of hydrogen-bond acceptors (Lipinski definition) is 2. The molecule has 1 aliphatic carbocycles. The summed E-state index contributed by atoms with van der Waals surface area (Å²) in [5.41, 5.74) is 1.31. The molecule has 2 heteroatoms. The fourth-order valence-electron chi connectivity index (χ4n) is 1.79. The van der Waals surface area contributed by atoms with E-state index in [0.29, 0.717) is 0 Å². The molecule has 1 fully saturated rings. The molecular weight excluding hydrogens is 154 g/mol. The minimum atomic E-state index is 0.756. The van der Waals surface area contributed by atoms with Crippen molar-refractivity contribution in [2.24, 2.45) is 5.92 Å². The van der Waals surface area contributed by atoms with Crippen LogP contribution in [0.3, 0.4) is 0 Å². The average molecular weight is 171 g/mol. The lowest BCUT2D eigenvalue weighted by Crippen LogP contribution is -2.18. The van der Waals surface area contributed by atoms with Gasteiger partial charge in [-0.15, -0.1) is 12.6 Å². The van der Waals surface area contributed by atoms with Gasteiger partial charge < -0.3 is 5.32 Å². The second kappa shape index (κ2) is 4.70. The van der Waals surface area contributed by atoms with Crippen LogP contribution in [0, 0.1) is 5.92 Å². The Kier molecular flexibility index (Phi) is 3.84. The first-order valence-electron chi connectivity index (χ1n) is 4.40. The van der Waals surface area contributed by atoms with Crippen molar-refractivity contribution < 1.29 is 0 Å². The van der Waals surface area contributed by atoms with Gasteiger partial charge in [0, 0.05) is 12.7 Å². The molecule has 11 heavy (non-hydrogen) atoms. The molecule has 0 aromatic carbocycles. The third-order valence-corrected chi connectivity index (χ3v) is 2.75. The van der Waals surface area contributed by atoms with E-state index in [1.54, 1.807) is 0 Å². The molecule has 0 unspecified atom stereocenters. The van der Waals surface area contributed by atoms with E-state index in [1.165, 1.54) is 37.8 Å². The molecule has 0 radical (unpaired) electrons. The standard InChI is InChI=1S/C9H17NS/c1-10-9(7-11)8-5-3-2-4-6-8/h7-8,10-11H,2-6H2,1H3/b9-7-. The molecule has 1 saturated carbocycles. The van der Waals surface area contributed by atoms with Crippen LogP contribution in [0.4, 0.5) is 0 Å². The second-order valence-electron chi connectivity index (χ2n) is 3.17. The lowest BCUT2D eigenvalue weighted by molar-refractivity contribution is 0.391. The fraction of sp³-hybridized carbons (Fsp3) is 0.778. The molecule has 0 aliphatic heterocycles. The molecule has 1 nitrogen and oxygen atoms in total. The number of thiol groups is 1. The first-order chi connectivity index (χ1) is 5.38. The van der Waals surface area contributed by atoms with E-state index in [9.17, 15) is 0 Å². The van der Waals surface area contributed by atoms with Crippen molar-refractivity contribution in [1.29, 1.82) is 0 Å². The maximum atomic E-state index is 4.18. The van der Waals surface area contributed by atoms with Crippen molar-refractivity contribution in [2.45, 2.75) is 32.1 Å². The van der Waals surface area contributed by atoms with Crippen molar-refractivity contribution in [1.82, 2.24) is 5.32 Å². The Hall–Kier alpha value is -0.110. The number of nitrogens with one attached hydrogen (secondary N) is 1. The first-order valence-corrected chi connectivity index (χ1v) is 4.92. The van der Waals surface area contributed by atoms with Crippen molar-refractivity contribution in [3.63, 3.8) is 0 Å². The molecule has 0 aromatic rings. The van der Waals surface area contributed by atoms with Gasteiger partial charge in [0.15, 0.2) is 0 Å². The molecule has 0 spiro atoms. The number of allylic oxidation sites excluding steroid dienone is 1. The summed E-state index contributed by atoms with van der Waals surface area (Å²) >= 11 is 4.18. The van der Waals surface area contributed by atoms with Gasteiger partial charge in [-0.3, -0.25) is 0 Å². The molecule has 1 rings (SSSR count). The number of hydrogen-bond donors (Lipinski definition) is 2. The highest BCUT2D eigenvalue weighted by atomic mass is 32.1. The van der Waals surface area contributed by atoms with Crippen LogP contribution in [0.5, 0.6) is 0 Å². The van der Waals surface area contributed by atoms with Crippen LogP contribution in [0.15, 0.2) is 11.1 Å². The first kappa shape index (κ1) is 8.98. The van der Waals surface area contributed by atoms with Crippen LogP contribution in [-0.4, -0.2) is 7.05 Å². The highest BCUT2D eigenvalue weighted by Gasteiger charge is 2.15. The summed E-state index contributed by atoms with van der Waals surface area (Å²) in [5.74, 6) is 0.756. The summed E-state index contributed by atoms with van der Waals surface area (Å²) in [6.45, 7) is 0. The molecule has 0 atom stereocenters. The van der Waals surface area contributed by atoms with Crippen LogP contribution < -0.4 is 5.32 Å². The van der Waals surface area contributed by atoms with E-state index in [0.717, 1.165) is 5.92 Å². The molecule has 0 amide bonds. The van der Waals surface area contributed by atoms with E-state index < -0.39 is 0 Å². The Labute approximate surface area is 74.7 Å². The van der Waals surface area contributed by atoms with E-state index in [4.69, 9.17) is 0 Å². The van der Waals surface area contributed by atoms with Gasteiger partial charge in [-0.05, 0) is 24.2 Å². The molecule has 0 heterocycles. The van der Waals surface area contributed by atoms with Crippen LogP contribution in [0.1, 0.15) is 32.1 Å². The molecule has 0 saturated heterocycles. The fourth-order valence-corrected chi connectivity index (χ4v) is 2.13. The lowest BCUT2D eigenvalue weighted by atomic mass is 9.87. The van der Waals surface area contributed by atoms with Crippen molar-refractivity contribution >= 4 is 12.6 Å². The van der Waals surface area contributed by atoms with Gasteiger partial charge in [0.2, 0.25) is 0 Å². The van der Waals surface area contributed by atoms with E-state index in [-0.39, 0.29) is 0 Å². The van der Waals surface area contributed by atoms with Gasteiger partial charge in [0.25, 0.3) is 0 Å². The Bertz CT molecular complexity index is 136. The normalized spacial score (nSPS) is 21.8. The highest BCUT2D eigenvalue weighted by molar-refractivity contribution is 7.83. The van der Waals surface area contributed by atoms with Gasteiger partial charge in [-0.25, -0.2) is 0 Å². The summed E-state index contributed by atoms with van der Waals surface area (Å²) in [5, 5.41) is 5.12. The summed E-state index contributed by atoms with van der Waals surface area (Å²) < 4.78 is 0. The van der Waals surface area contributed by atoms with Gasteiger partial charge in [0.1, 0.15) is 0 Å². The Morgan fingerprint density at radius 3 is 2.45 bits per heavy atom. The minimum Gasteiger partial charge on any atom is -0.391 e. The Balaban J connectivity index is 2.43. The number of rotatable bonds is 2. The zero-order chi connectivity index (χ0) is 8.10. The van der Waals surface area contributed by atoms with Crippen LogP contribution in [0.2, 0.25) is 0 Å². The predicted octanol–water partition coefficient (Wildman–Crippen LogP) is 2.56. The van der Waals surface area contributed by atoms with E-state index in [1.807, 2.05) is 12.5 Å². The van der Waals surface area contributed by atoms with Gasteiger partial charge >= 0.3 is 0 Å². The molecule has 0 bridgehead atoms. The monoisotopic (exact) mass is 171 g/mol. The van der Waals surface area contributed by atoms with Crippen LogP contribution in [0.25, 0.3) is 0 Å². The Morgan fingerprint density at radius 1 is 1.36 bits per heavy atom. The van der Waals surface area contributed by atoms with Crippen molar-refractivity contribution in [3.05, 3.63) is 11.1 Å². The minimum absolute atomic E-state index is 0.756. The molecule has 1 N–H and O–H groups in total. The predicted molar refractivity (Wildman–Crippen MR) is 52.7 cm³/mol. The summed E-state index contributed by atoms with van der Waals surface area (Å²) in [6.07, 6.45) is 6.87. The van der Waals surface area contributed by atoms with Crippen LogP contribution in [-0.2, 0) is 0 Å². The van der Waals surface area contributed by atoms with Gasteiger partial charge in [-0.1, -0.05) is 19.3 Å². The Morgan fingerprint density at radius 2 is 2.00 bits per heavy atom. The third-order valence-electron chi connectivity index (χ3n) is 2.47. The van der Waals surface area contributed by atoms with Crippen molar-refractivity contribution in [2.75, 3.05) is 7.05 Å². The van der Waals surface area contributed by atoms with Crippen molar-refractivity contribution in [3.8, 4) is 0 Å². The zero-order valence-electron chi connectivity index (χ0n) is 7.14. The average Bonchev–Trinajstić information content (AvgIpc) is 2.09. The highest BCUT2D eigenvalue weighted by Crippen LogP contribution is 2.28. The second-order valence-corrected chi connectivity index (χ2v) is 3.43. The van der Waals surface area contributed by atoms with Crippen LogP contribution >= 0.6 is 12.6 Å². The topological polar surface area (TPSA) is 12.0 Å². The SMILES string of the molecule is CN/C(=C\S)C1CCCCC1. The van der Waals surface area contributed by atoms with Gasteiger partial charge in [0.05, 0.1) is 0 Å². The molecular formula is C9H17NS. The van der Waals surface area contributed by atoms with Gasteiger partial charge in [-0.2, -0.15) is 0 Å². The summed E-state index contributed by atoms with van der Waals surface area (Å²) in [6, 6.07) is 0. The summed E-state index contributed by atoms with van der Waals surface area (Å²) in [4.78, 5) is 0. The summed E-state index contributed by atoms with van der Waals surface area (Å²) in [7, 11) is 1.98. The largest absolute Gasteiger partial charge is 0.391 e. The van der Waals surface area contributed by atoms with E-state index >= 15 is 0 Å². The van der Waals surface area contributed by atoms with E-state index in [2.05, 4.69) is 17.9 Å². The third kappa shape index (κ3) is 2.44.